The van der Waals surface area contributed by atoms with Crippen LogP contribution < -0.4 is 0 Å². The van der Waals surface area contributed by atoms with E-state index in [0.717, 1.165) is 0 Å². The van der Waals surface area contributed by atoms with Crippen molar-refractivity contribution in [3.8, 4) is 0 Å². The molecule has 11 heavy (non-hydrogen) atoms. The fraction of sp³-hybridized carbons (Fsp3) is 0.400. The van der Waals surface area contributed by atoms with Crippen LogP contribution in [0.1, 0.15) is 18.9 Å². The molecule has 2 rings (SSSR count). The fourth-order valence-corrected chi connectivity index (χ4v) is 2.46. The molecule has 1 aromatic carbocycles. The first-order valence-electron chi connectivity index (χ1n) is 4.07. The Morgan fingerprint density at radius 2 is 2.00 bits per heavy atom. The van der Waals surface area contributed by atoms with E-state index in [1.54, 1.807) is 0 Å². The van der Waals surface area contributed by atoms with E-state index in [9.17, 15) is 0 Å². The molecule has 58 valence electrons. The monoisotopic (exact) mass is 164 g/mol. The second kappa shape index (κ2) is 2.56. The molecule has 0 saturated carbocycles. The highest BCUT2D eigenvalue weighted by atomic mass is 32.2. The molecule has 0 radical (unpaired) electrons. The van der Waals surface area contributed by atoms with E-state index in [4.69, 9.17) is 0 Å². The molecular weight excluding hydrogens is 152 g/mol. The van der Waals surface area contributed by atoms with Crippen molar-refractivity contribution in [3.63, 3.8) is 0 Å². The molecule has 1 aromatic rings. The largest absolute Gasteiger partial charge is 0.148 e. The van der Waals surface area contributed by atoms with Gasteiger partial charge < -0.3 is 0 Å². The Morgan fingerprint density at radius 1 is 1.36 bits per heavy atom. The highest BCUT2D eigenvalue weighted by molar-refractivity contribution is 8.07. The summed E-state index contributed by atoms with van der Waals surface area (Å²) in [6.07, 6.45) is 1.27. The Hall–Kier alpha value is -0.430. The van der Waals surface area contributed by atoms with Gasteiger partial charge in [-0.1, -0.05) is 37.3 Å². The van der Waals surface area contributed by atoms with Crippen LogP contribution in [-0.2, 0) is 4.75 Å². The Kier molecular flexibility index (Phi) is 1.68. The van der Waals surface area contributed by atoms with Gasteiger partial charge in [0.05, 0.1) is 0 Å². The molecule has 0 amide bonds. The van der Waals surface area contributed by atoms with Crippen LogP contribution in [0.5, 0.6) is 0 Å². The second-order valence-electron chi connectivity index (χ2n) is 3.00. The molecule has 0 aromatic heterocycles. The summed E-state index contributed by atoms with van der Waals surface area (Å²) in [4.78, 5) is 0. The van der Waals surface area contributed by atoms with Crippen molar-refractivity contribution < 1.29 is 0 Å². The zero-order chi connectivity index (χ0) is 7.73. The average molecular weight is 164 g/mol. The number of rotatable bonds is 2. The quantitative estimate of drug-likeness (QED) is 0.605. The van der Waals surface area contributed by atoms with Crippen LogP contribution in [0, 0.1) is 0 Å². The summed E-state index contributed by atoms with van der Waals surface area (Å²) in [5.74, 6) is 1.31. The van der Waals surface area contributed by atoms with Crippen molar-refractivity contribution in [2.75, 3.05) is 5.75 Å². The summed E-state index contributed by atoms with van der Waals surface area (Å²) < 4.78 is 0.501. The molecule has 1 fully saturated rings. The number of thioether (sulfide) groups is 1. The normalized spacial score (nSPS) is 28.5. The van der Waals surface area contributed by atoms with E-state index < -0.39 is 0 Å². The minimum Gasteiger partial charge on any atom is -0.148 e. The van der Waals surface area contributed by atoms with E-state index in [-0.39, 0.29) is 0 Å². The molecule has 1 atom stereocenters. The van der Waals surface area contributed by atoms with Crippen LogP contribution >= 0.6 is 11.8 Å². The van der Waals surface area contributed by atoms with Crippen molar-refractivity contribution in [1.29, 1.82) is 0 Å². The van der Waals surface area contributed by atoms with Crippen LogP contribution in [0.25, 0.3) is 0 Å². The predicted octanol–water partition coefficient (Wildman–Crippen LogP) is 3.04. The van der Waals surface area contributed by atoms with Crippen LogP contribution in [0.3, 0.4) is 0 Å². The zero-order valence-corrected chi connectivity index (χ0v) is 7.53. The standard InChI is InChI=1S/C10H12S/c1-2-10(8-11-10)9-6-4-3-5-7-9/h3-7H,2,8H2,1H3. The van der Waals surface area contributed by atoms with Gasteiger partial charge in [0.25, 0.3) is 0 Å². The van der Waals surface area contributed by atoms with Gasteiger partial charge in [-0.3, -0.25) is 0 Å². The summed E-state index contributed by atoms with van der Waals surface area (Å²) in [6, 6.07) is 10.8. The molecule has 0 N–H and O–H groups in total. The van der Waals surface area contributed by atoms with Crippen molar-refractivity contribution in [2.24, 2.45) is 0 Å². The van der Waals surface area contributed by atoms with Gasteiger partial charge in [0.2, 0.25) is 0 Å². The molecule has 1 aliphatic rings. The van der Waals surface area contributed by atoms with Crippen LogP contribution in [0.15, 0.2) is 30.3 Å². The van der Waals surface area contributed by atoms with Gasteiger partial charge in [-0.2, -0.15) is 0 Å². The van der Waals surface area contributed by atoms with Crippen molar-refractivity contribution in [2.45, 2.75) is 18.1 Å². The van der Waals surface area contributed by atoms with E-state index >= 15 is 0 Å². The maximum Gasteiger partial charge on any atom is 0.0496 e. The van der Waals surface area contributed by atoms with Gasteiger partial charge in [-0.15, -0.1) is 11.8 Å². The van der Waals surface area contributed by atoms with Crippen molar-refractivity contribution >= 4 is 11.8 Å². The predicted molar refractivity (Wildman–Crippen MR) is 50.9 cm³/mol. The van der Waals surface area contributed by atoms with Gasteiger partial charge in [0.1, 0.15) is 0 Å². The fourth-order valence-electron chi connectivity index (χ4n) is 1.40. The molecule has 1 heterocycles. The lowest BCUT2D eigenvalue weighted by Gasteiger charge is -2.09. The molecular formula is C10H12S. The summed E-state index contributed by atoms with van der Waals surface area (Å²) in [6.45, 7) is 2.27. The second-order valence-corrected chi connectivity index (χ2v) is 4.36. The Balaban J connectivity index is 2.30. The minimum absolute atomic E-state index is 0.501. The molecule has 0 nitrogen and oxygen atoms in total. The van der Waals surface area contributed by atoms with Crippen molar-refractivity contribution in [3.05, 3.63) is 35.9 Å². The van der Waals surface area contributed by atoms with Crippen LogP contribution in [-0.4, -0.2) is 5.75 Å². The first-order valence-corrected chi connectivity index (χ1v) is 5.05. The Labute approximate surface area is 72.0 Å². The molecule has 1 unspecified atom stereocenters. The molecule has 1 aliphatic heterocycles. The van der Waals surface area contributed by atoms with Crippen molar-refractivity contribution in [1.82, 2.24) is 0 Å². The van der Waals surface area contributed by atoms with Gasteiger partial charge >= 0.3 is 0 Å². The summed E-state index contributed by atoms with van der Waals surface area (Å²) >= 11 is 2.07. The van der Waals surface area contributed by atoms with E-state index in [2.05, 4.69) is 49.0 Å². The summed E-state index contributed by atoms with van der Waals surface area (Å²) in [7, 11) is 0. The number of hydrogen-bond acceptors (Lipinski definition) is 1. The van der Waals surface area contributed by atoms with Gasteiger partial charge in [0.15, 0.2) is 0 Å². The van der Waals surface area contributed by atoms with Crippen LogP contribution in [0.4, 0.5) is 0 Å². The molecule has 0 spiro atoms. The lowest BCUT2D eigenvalue weighted by molar-refractivity contribution is 0.743. The summed E-state index contributed by atoms with van der Waals surface area (Å²) in [5, 5.41) is 0. The summed E-state index contributed by atoms with van der Waals surface area (Å²) in [5.41, 5.74) is 1.51. The highest BCUT2D eigenvalue weighted by Gasteiger charge is 2.43. The first-order chi connectivity index (χ1) is 5.37. The maximum absolute atomic E-state index is 2.27. The number of benzene rings is 1. The smallest absolute Gasteiger partial charge is 0.0496 e. The lowest BCUT2D eigenvalue weighted by Crippen LogP contribution is -2.03. The Morgan fingerprint density at radius 3 is 2.45 bits per heavy atom. The number of hydrogen-bond donors (Lipinski definition) is 0. The molecule has 0 bridgehead atoms. The topological polar surface area (TPSA) is 0 Å². The van der Waals surface area contributed by atoms with Crippen LogP contribution in [0.2, 0.25) is 0 Å². The molecule has 1 heteroatoms. The van der Waals surface area contributed by atoms with E-state index in [0.29, 0.717) is 4.75 Å². The van der Waals surface area contributed by atoms with Gasteiger partial charge in [-0.25, -0.2) is 0 Å². The maximum atomic E-state index is 2.27. The third kappa shape index (κ3) is 1.18. The Bertz CT molecular complexity index is 236. The molecule has 0 aliphatic carbocycles. The SMILES string of the molecule is CCC1(c2ccccc2)CS1. The third-order valence-electron chi connectivity index (χ3n) is 2.36. The average Bonchev–Trinajstić information content (AvgIpc) is 2.86. The zero-order valence-electron chi connectivity index (χ0n) is 6.71. The lowest BCUT2D eigenvalue weighted by atomic mass is 9.99. The first kappa shape index (κ1) is 7.23. The van der Waals surface area contributed by atoms with E-state index in [1.807, 2.05) is 0 Å². The minimum atomic E-state index is 0.501. The molecule has 1 saturated heterocycles. The van der Waals surface area contributed by atoms with E-state index in [1.165, 1.54) is 17.7 Å². The third-order valence-corrected chi connectivity index (χ3v) is 3.87. The highest BCUT2D eigenvalue weighted by Crippen LogP contribution is 2.55. The van der Waals surface area contributed by atoms with Gasteiger partial charge in [0, 0.05) is 10.5 Å². The van der Waals surface area contributed by atoms with Gasteiger partial charge in [-0.05, 0) is 12.0 Å².